The molecule has 8 heteroatoms. The zero-order chi connectivity index (χ0) is 19.6. The molecule has 0 aliphatic carbocycles. The van der Waals surface area contributed by atoms with E-state index in [4.69, 9.17) is 21.1 Å². The van der Waals surface area contributed by atoms with E-state index in [1.165, 1.54) is 20.4 Å². The van der Waals surface area contributed by atoms with Gasteiger partial charge in [0.05, 0.1) is 24.6 Å². The molecule has 0 spiro atoms. The van der Waals surface area contributed by atoms with Gasteiger partial charge in [-0.3, -0.25) is 4.79 Å². The molecule has 140 valence electrons. The molecule has 0 saturated heterocycles. The van der Waals surface area contributed by atoms with Crippen molar-refractivity contribution < 1.29 is 19.4 Å². The average Bonchev–Trinajstić information content (AvgIpc) is 2.68. The number of nitrogens with one attached hydrogen (secondary N) is 2. The molecule has 3 aromatic rings. The monoisotopic (exact) mass is 388 g/mol. The number of aromatic nitrogens is 1. The Bertz CT molecular complexity index is 1060. The molecule has 0 amide bonds. The quantitative estimate of drug-likeness (QED) is 0.598. The zero-order valence-corrected chi connectivity index (χ0v) is 15.3. The molecule has 27 heavy (non-hydrogen) atoms. The van der Waals surface area contributed by atoms with E-state index < -0.39 is 12.0 Å². The maximum atomic E-state index is 12.0. The number of hydrogen-bond acceptors (Lipinski definition) is 5. The summed E-state index contributed by atoms with van der Waals surface area (Å²) in [7, 11) is 2.98. The van der Waals surface area contributed by atoms with Gasteiger partial charge < -0.3 is 24.9 Å². The number of aromatic amines is 1. The van der Waals surface area contributed by atoms with Gasteiger partial charge >= 0.3 is 5.97 Å². The first-order valence-corrected chi connectivity index (χ1v) is 8.34. The highest BCUT2D eigenvalue weighted by atomic mass is 35.5. The number of carboxylic acid groups (broad SMARTS) is 1. The van der Waals surface area contributed by atoms with E-state index in [1.54, 1.807) is 36.4 Å². The number of carbonyl (C=O) groups is 1. The first-order valence-electron chi connectivity index (χ1n) is 7.97. The molecule has 3 rings (SSSR count). The predicted molar refractivity (Wildman–Crippen MR) is 103 cm³/mol. The van der Waals surface area contributed by atoms with Crippen LogP contribution >= 0.6 is 11.6 Å². The lowest BCUT2D eigenvalue weighted by atomic mass is 10.0. The Kier molecular flexibility index (Phi) is 5.23. The molecule has 0 fully saturated rings. The zero-order valence-electron chi connectivity index (χ0n) is 14.6. The summed E-state index contributed by atoms with van der Waals surface area (Å²) >= 11 is 6.08. The summed E-state index contributed by atoms with van der Waals surface area (Å²) in [5.74, 6) is -0.163. The highest BCUT2D eigenvalue weighted by molar-refractivity contribution is 6.35. The van der Waals surface area contributed by atoms with Crippen LogP contribution in [0.2, 0.25) is 5.02 Å². The number of hydrogen-bond donors (Lipinski definition) is 3. The summed E-state index contributed by atoms with van der Waals surface area (Å²) in [4.78, 5) is 26.4. The Morgan fingerprint density at radius 1 is 1.11 bits per heavy atom. The van der Waals surface area contributed by atoms with Gasteiger partial charge in [-0.05, 0) is 29.8 Å². The van der Waals surface area contributed by atoms with Gasteiger partial charge in [-0.25, -0.2) is 4.79 Å². The molecular weight excluding hydrogens is 372 g/mol. The van der Waals surface area contributed by atoms with Crippen molar-refractivity contribution >= 4 is 34.0 Å². The van der Waals surface area contributed by atoms with Gasteiger partial charge in [-0.15, -0.1) is 0 Å². The molecule has 1 heterocycles. The van der Waals surface area contributed by atoms with Crippen molar-refractivity contribution in [2.75, 3.05) is 19.5 Å². The standard InChI is InChI=1S/C19H17ClN2O5/c1-26-15-6-3-10(7-16(15)27-2)17(19(24)25)22-11-4-5-12-13(8-11)18(23)21-9-14(12)20/h3-9,17,22H,1-2H3,(H,21,23)(H,24,25). The minimum atomic E-state index is -1.08. The number of methoxy groups -OCH3 is 2. The molecule has 0 radical (unpaired) electrons. The lowest BCUT2D eigenvalue weighted by Gasteiger charge is -2.18. The Hall–Kier alpha value is -3.19. The van der Waals surface area contributed by atoms with Crippen LogP contribution < -0.4 is 20.3 Å². The number of H-pyrrole nitrogens is 1. The molecule has 1 unspecified atom stereocenters. The topological polar surface area (TPSA) is 101 Å². The molecule has 2 aromatic carbocycles. The number of ether oxygens (including phenoxy) is 2. The highest BCUT2D eigenvalue weighted by Crippen LogP contribution is 2.32. The number of pyridine rings is 1. The summed E-state index contributed by atoms with van der Waals surface area (Å²) in [6.45, 7) is 0. The van der Waals surface area contributed by atoms with E-state index in [2.05, 4.69) is 10.3 Å². The predicted octanol–water partition coefficient (Wildman–Crippen LogP) is 3.44. The van der Waals surface area contributed by atoms with Crippen molar-refractivity contribution in [2.24, 2.45) is 0 Å². The average molecular weight is 389 g/mol. The van der Waals surface area contributed by atoms with E-state index in [0.717, 1.165) is 0 Å². The van der Waals surface area contributed by atoms with E-state index in [0.29, 0.717) is 38.5 Å². The van der Waals surface area contributed by atoms with Gasteiger partial charge in [0.15, 0.2) is 17.5 Å². The fourth-order valence-corrected chi connectivity index (χ4v) is 3.02. The van der Waals surface area contributed by atoms with Crippen molar-refractivity contribution in [3.8, 4) is 11.5 Å². The van der Waals surface area contributed by atoms with E-state index in [1.807, 2.05) is 0 Å². The molecule has 7 nitrogen and oxygen atoms in total. The Morgan fingerprint density at radius 2 is 1.85 bits per heavy atom. The van der Waals surface area contributed by atoms with Crippen LogP contribution in [0, 0.1) is 0 Å². The second kappa shape index (κ2) is 7.59. The highest BCUT2D eigenvalue weighted by Gasteiger charge is 2.22. The van der Waals surface area contributed by atoms with Crippen molar-refractivity contribution in [1.82, 2.24) is 4.98 Å². The van der Waals surface area contributed by atoms with Crippen LogP contribution in [-0.4, -0.2) is 30.3 Å². The third-order valence-corrected chi connectivity index (χ3v) is 4.46. The number of halogens is 1. The normalized spacial score (nSPS) is 11.8. The minimum absolute atomic E-state index is 0.309. The molecule has 0 aliphatic heterocycles. The van der Waals surface area contributed by atoms with Crippen molar-refractivity contribution in [3.63, 3.8) is 0 Å². The lowest BCUT2D eigenvalue weighted by molar-refractivity contribution is -0.138. The summed E-state index contributed by atoms with van der Waals surface area (Å²) in [6, 6.07) is 8.72. The van der Waals surface area contributed by atoms with Crippen LogP contribution in [0.4, 0.5) is 5.69 Å². The van der Waals surface area contributed by atoms with Gasteiger partial charge in [0, 0.05) is 17.3 Å². The van der Waals surface area contributed by atoms with Crippen molar-refractivity contribution in [2.45, 2.75) is 6.04 Å². The molecule has 1 aromatic heterocycles. The summed E-state index contributed by atoms with van der Waals surface area (Å²) < 4.78 is 10.4. The van der Waals surface area contributed by atoms with Gasteiger partial charge in [-0.2, -0.15) is 0 Å². The Labute approximate surface area is 159 Å². The number of anilines is 1. The molecule has 0 aliphatic rings. The first-order chi connectivity index (χ1) is 12.9. The third kappa shape index (κ3) is 3.68. The van der Waals surface area contributed by atoms with Crippen LogP contribution in [0.5, 0.6) is 11.5 Å². The molecule has 1 atom stereocenters. The van der Waals surface area contributed by atoms with E-state index in [-0.39, 0.29) is 5.56 Å². The minimum Gasteiger partial charge on any atom is -0.493 e. The van der Waals surface area contributed by atoms with Gasteiger partial charge in [0.2, 0.25) is 0 Å². The number of rotatable bonds is 6. The van der Waals surface area contributed by atoms with E-state index in [9.17, 15) is 14.7 Å². The third-order valence-electron chi connectivity index (χ3n) is 4.15. The summed E-state index contributed by atoms with van der Waals surface area (Å²) in [6.07, 6.45) is 1.42. The maximum Gasteiger partial charge on any atom is 0.330 e. The lowest BCUT2D eigenvalue weighted by Crippen LogP contribution is -2.20. The van der Waals surface area contributed by atoms with Crippen LogP contribution in [0.1, 0.15) is 11.6 Å². The molecule has 0 saturated carbocycles. The largest absolute Gasteiger partial charge is 0.493 e. The van der Waals surface area contributed by atoms with Crippen molar-refractivity contribution in [1.29, 1.82) is 0 Å². The smallest absolute Gasteiger partial charge is 0.330 e. The van der Waals surface area contributed by atoms with Gasteiger partial charge in [0.1, 0.15) is 0 Å². The van der Waals surface area contributed by atoms with Gasteiger partial charge in [-0.1, -0.05) is 23.7 Å². The SMILES string of the molecule is COc1ccc(C(Nc2ccc3c(Cl)c[nH]c(=O)c3c2)C(=O)O)cc1OC. The number of benzene rings is 2. The Balaban J connectivity index is 2.00. The maximum absolute atomic E-state index is 12.0. The van der Waals surface area contributed by atoms with Crippen LogP contribution in [0.25, 0.3) is 10.8 Å². The summed E-state index contributed by atoms with van der Waals surface area (Å²) in [5, 5.41) is 14.0. The number of carboxylic acids is 1. The number of fused-ring (bicyclic) bond motifs is 1. The van der Waals surface area contributed by atoms with Crippen LogP contribution in [0.15, 0.2) is 47.4 Å². The second-order valence-electron chi connectivity index (χ2n) is 5.76. The van der Waals surface area contributed by atoms with Crippen molar-refractivity contribution in [3.05, 3.63) is 63.5 Å². The van der Waals surface area contributed by atoms with Crippen LogP contribution in [0.3, 0.4) is 0 Å². The fraction of sp³-hybridized carbons (Fsp3) is 0.158. The fourth-order valence-electron chi connectivity index (χ4n) is 2.80. The molecular formula is C19H17ClN2O5. The van der Waals surface area contributed by atoms with E-state index >= 15 is 0 Å². The van der Waals surface area contributed by atoms with Gasteiger partial charge in [0.25, 0.3) is 5.56 Å². The number of aliphatic carboxylic acids is 1. The molecule has 0 bridgehead atoms. The second-order valence-corrected chi connectivity index (χ2v) is 6.16. The summed E-state index contributed by atoms with van der Waals surface area (Å²) in [5.41, 5.74) is 0.633. The molecule has 3 N–H and O–H groups in total. The first kappa shape index (κ1) is 18.6. The van der Waals surface area contributed by atoms with Crippen LogP contribution in [-0.2, 0) is 4.79 Å². The Morgan fingerprint density at radius 3 is 2.52 bits per heavy atom.